The topological polar surface area (TPSA) is 79.5 Å². The van der Waals surface area contributed by atoms with Gasteiger partial charge in [0, 0.05) is 21.4 Å². The van der Waals surface area contributed by atoms with E-state index in [9.17, 15) is 27.6 Å². The number of halogens is 4. The van der Waals surface area contributed by atoms with Crippen LogP contribution in [-0.4, -0.2) is 22.0 Å². The lowest BCUT2D eigenvalue weighted by Crippen LogP contribution is -2.32. The molecule has 6 nitrogen and oxygen atoms in total. The fraction of sp³-hybridized carbons (Fsp3) is 0.207. The van der Waals surface area contributed by atoms with Crippen LogP contribution >= 0.6 is 34.7 Å². The number of thiazole rings is 1. The molecule has 0 saturated carbocycles. The SMILES string of the molecule is Cc1cccc(COc2ccc(Cl)cc2[C@@H]2c3sc(=O)[nH]c3S[C@H]3C(=O)N(c4cccc(C(F)(F)F)c4)C(=O)[C@@H]23)c1. The Hall–Kier alpha value is -3.54. The van der Waals surface area contributed by atoms with Crippen LogP contribution in [-0.2, 0) is 22.4 Å². The first-order valence-corrected chi connectivity index (χ1v) is 14.5. The lowest BCUT2D eigenvalue weighted by molar-refractivity contribution is -0.137. The number of carbonyl (C=O) groups excluding carboxylic acids is 2. The number of carbonyl (C=O) groups is 2. The summed E-state index contributed by atoms with van der Waals surface area (Å²) in [6.45, 7) is 2.18. The highest BCUT2D eigenvalue weighted by Gasteiger charge is 2.57. The van der Waals surface area contributed by atoms with Crippen LogP contribution < -0.4 is 14.5 Å². The van der Waals surface area contributed by atoms with E-state index in [0.29, 0.717) is 26.2 Å². The summed E-state index contributed by atoms with van der Waals surface area (Å²) in [7, 11) is 0. The van der Waals surface area contributed by atoms with Crippen molar-refractivity contribution in [2.24, 2.45) is 5.92 Å². The highest BCUT2D eigenvalue weighted by Crippen LogP contribution is 2.55. The van der Waals surface area contributed by atoms with Crippen molar-refractivity contribution in [2.45, 2.75) is 35.9 Å². The van der Waals surface area contributed by atoms with E-state index in [0.717, 1.165) is 57.3 Å². The molecule has 0 bridgehead atoms. The second kappa shape index (κ2) is 10.4. The number of thioether (sulfide) groups is 1. The summed E-state index contributed by atoms with van der Waals surface area (Å²) in [6.07, 6.45) is -4.65. The van der Waals surface area contributed by atoms with Crippen LogP contribution in [0.5, 0.6) is 5.75 Å². The first kappa shape index (κ1) is 27.6. The van der Waals surface area contributed by atoms with Crippen molar-refractivity contribution in [3.05, 3.63) is 109 Å². The molecule has 210 valence electrons. The third-order valence-corrected chi connectivity index (χ3v) is 9.68. The van der Waals surface area contributed by atoms with Crippen LogP contribution in [0.1, 0.15) is 33.0 Å². The van der Waals surface area contributed by atoms with Gasteiger partial charge in [0.05, 0.1) is 22.2 Å². The van der Waals surface area contributed by atoms with Crippen molar-refractivity contribution in [1.29, 1.82) is 0 Å². The monoisotopic (exact) mass is 616 g/mol. The van der Waals surface area contributed by atoms with E-state index in [-0.39, 0.29) is 17.2 Å². The summed E-state index contributed by atoms with van der Waals surface area (Å²) in [5, 5.41) is -0.195. The number of aromatic nitrogens is 1. The number of aryl methyl sites for hydroxylation is 1. The van der Waals surface area contributed by atoms with Crippen LogP contribution in [0.15, 0.2) is 76.6 Å². The zero-order valence-electron chi connectivity index (χ0n) is 21.2. The molecule has 4 aromatic rings. The first-order chi connectivity index (χ1) is 19.5. The molecule has 1 N–H and O–H groups in total. The molecule has 1 saturated heterocycles. The zero-order chi connectivity index (χ0) is 29.1. The van der Waals surface area contributed by atoms with Gasteiger partial charge in [-0.3, -0.25) is 14.4 Å². The molecule has 3 atom stereocenters. The molecule has 1 aromatic heterocycles. The predicted octanol–water partition coefficient (Wildman–Crippen LogP) is 6.79. The minimum atomic E-state index is -4.65. The zero-order valence-corrected chi connectivity index (χ0v) is 23.6. The summed E-state index contributed by atoms with van der Waals surface area (Å²) in [4.78, 5) is 43.8. The highest BCUT2D eigenvalue weighted by atomic mass is 35.5. The molecule has 2 amide bonds. The van der Waals surface area contributed by atoms with Gasteiger partial charge in [0.1, 0.15) is 17.6 Å². The number of ether oxygens (including phenoxy) is 1. The Labute approximate surface area is 245 Å². The molecular formula is C29H20ClF3N2O4S2. The van der Waals surface area contributed by atoms with Crippen molar-refractivity contribution in [1.82, 2.24) is 4.98 Å². The molecule has 2 aliphatic rings. The van der Waals surface area contributed by atoms with Crippen LogP contribution in [0.25, 0.3) is 0 Å². The van der Waals surface area contributed by atoms with Gasteiger partial charge in [0.2, 0.25) is 11.8 Å². The van der Waals surface area contributed by atoms with Gasteiger partial charge in [-0.1, -0.05) is 70.6 Å². The fourth-order valence-electron chi connectivity index (χ4n) is 5.28. The van der Waals surface area contributed by atoms with Crippen LogP contribution in [0.4, 0.5) is 18.9 Å². The minimum Gasteiger partial charge on any atom is -0.489 e. The molecule has 0 aliphatic carbocycles. The average Bonchev–Trinajstić information content (AvgIpc) is 3.41. The van der Waals surface area contributed by atoms with Crippen LogP contribution in [0.3, 0.4) is 0 Å². The normalized spacial score (nSPS) is 20.2. The summed E-state index contributed by atoms with van der Waals surface area (Å²) in [5.41, 5.74) is 1.34. The Morgan fingerprint density at radius 1 is 1.00 bits per heavy atom. The first-order valence-electron chi connectivity index (χ1n) is 12.4. The number of fused-ring (bicyclic) bond motifs is 2. The molecule has 0 spiro atoms. The van der Waals surface area contributed by atoms with Crippen molar-refractivity contribution in [3.63, 3.8) is 0 Å². The lowest BCUT2D eigenvalue weighted by Gasteiger charge is -2.31. The van der Waals surface area contributed by atoms with Gasteiger partial charge in [0.15, 0.2) is 0 Å². The molecular weight excluding hydrogens is 597 g/mol. The summed E-state index contributed by atoms with van der Waals surface area (Å²) >= 11 is 8.36. The van der Waals surface area contributed by atoms with Crippen LogP contribution in [0.2, 0.25) is 5.02 Å². The van der Waals surface area contributed by atoms with Crippen molar-refractivity contribution >= 4 is 52.2 Å². The van der Waals surface area contributed by atoms with E-state index in [1.165, 1.54) is 6.07 Å². The molecule has 0 radical (unpaired) electrons. The van der Waals surface area contributed by atoms with Gasteiger partial charge in [-0.05, 0) is 48.9 Å². The Bertz CT molecular complexity index is 1750. The van der Waals surface area contributed by atoms with Gasteiger partial charge in [-0.25, -0.2) is 4.90 Å². The third kappa shape index (κ3) is 5.06. The molecule has 12 heteroatoms. The van der Waals surface area contributed by atoms with E-state index >= 15 is 0 Å². The second-order valence-corrected chi connectivity index (χ2v) is 12.4. The van der Waals surface area contributed by atoms with Crippen LogP contribution in [0, 0.1) is 12.8 Å². The van der Waals surface area contributed by atoms with Gasteiger partial charge in [0.25, 0.3) is 0 Å². The number of H-pyrrole nitrogens is 1. The average molecular weight is 617 g/mol. The van der Waals surface area contributed by atoms with E-state index in [1.54, 1.807) is 18.2 Å². The summed E-state index contributed by atoms with van der Waals surface area (Å²) in [6, 6.07) is 16.9. The number of aromatic amines is 1. The lowest BCUT2D eigenvalue weighted by atomic mass is 9.82. The Kier molecular flexibility index (Phi) is 6.99. The highest BCUT2D eigenvalue weighted by molar-refractivity contribution is 8.00. The number of hydrogen-bond donors (Lipinski definition) is 1. The van der Waals surface area contributed by atoms with E-state index in [2.05, 4.69) is 4.98 Å². The molecule has 6 rings (SSSR count). The third-order valence-electron chi connectivity index (χ3n) is 7.04. The van der Waals surface area contributed by atoms with E-state index < -0.39 is 40.6 Å². The second-order valence-electron chi connectivity index (χ2n) is 9.77. The number of nitrogens with zero attached hydrogens (tertiary/aromatic N) is 1. The smallest absolute Gasteiger partial charge is 0.416 e. The van der Waals surface area contributed by atoms with Gasteiger partial charge in [-0.2, -0.15) is 13.2 Å². The van der Waals surface area contributed by atoms with Gasteiger partial charge < -0.3 is 9.72 Å². The number of rotatable bonds is 5. The fourth-order valence-corrected chi connectivity index (χ4v) is 7.97. The Morgan fingerprint density at radius 3 is 2.54 bits per heavy atom. The van der Waals surface area contributed by atoms with E-state index in [4.69, 9.17) is 16.3 Å². The molecule has 0 unspecified atom stereocenters. The Morgan fingerprint density at radius 2 is 1.78 bits per heavy atom. The van der Waals surface area contributed by atoms with Gasteiger partial charge >= 0.3 is 11.0 Å². The maximum absolute atomic E-state index is 14.0. The number of anilines is 1. The Balaban J connectivity index is 1.44. The number of amides is 2. The molecule has 41 heavy (non-hydrogen) atoms. The van der Waals surface area contributed by atoms with Crippen molar-refractivity contribution in [3.8, 4) is 5.75 Å². The number of hydrogen-bond acceptors (Lipinski definition) is 6. The number of imide groups is 1. The molecule has 3 heterocycles. The minimum absolute atomic E-state index is 0.164. The predicted molar refractivity (Wildman–Crippen MR) is 151 cm³/mol. The maximum Gasteiger partial charge on any atom is 0.416 e. The quantitative estimate of drug-likeness (QED) is 0.250. The standard InChI is InChI=1S/C29H20ClF3N2O4S2/c1-14-4-2-5-15(10-14)13-39-20-9-8-17(30)12-19(20)21-22-24(40-25-23(21)41-28(38)34-25)27(37)35(26(22)36)18-7-3-6-16(11-18)29(31,32)33/h2-12,21-22,24H,13H2,1H3,(H,34,38)/t21-,22-,24+/m0/s1. The molecule has 2 aliphatic heterocycles. The molecule has 1 fully saturated rings. The van der Waals surface area contributed by atoms with E-state index in [1.807, 2.05) is 31.2 Å². The van der Waals surface area contributed by atoms with Crippen molar-refractivity contribution in [2.75, 3.05) is 4.90 Å². The molecule has 3 aromatic carbocycles. The number of benzene rings is 3. The van der Waals surface area contributed by atoms with Gasteiger partial charge in [-0.15, -0.1) is 0 Å². The van der Waals surface area contributed by atoms with Crippen molar-refractivity contribution < 1.29 is 27.5 Å². The largest absolute Gasteiger partial charge is 0.489 e. The maximum atomic E-state index is 14.0. The summed E-state index contributed by atoms with van der Waals surface area (Å²) in [5.74, 6) is -2.72. The summed E-state index contributed by atoms with van der Waals surface area (Å²) < 4.78 is 46.6. The number of nitrogens with one attached hydrogen (secondary N) is 1. The number of alkyl halides is 3.